The molecule has 0 saturated carbocycles. The number of benzene rings is 3. The predicted molar refractivity (Wildman–Crippen MR) is 135 cm³/mol. The molecule has 0 amide bonds. The molecule has 1 heterocycles. The summed E-state index contributed by atoms with van der Waals surface area (Å²) in [6.07, 6.45) is 0.101. The van der Waals surface area contributed by atoms with Crippen molar-refractivity contribution in [3.63, 3.8) is 0 Å². The van der Waals surface area contributed by atoms with Crippen LogP contribution in [-0.2, 0) is 11.2 Å². The Hall–Kier alpha value is -4.04. The van der Waals surface area contributed by atoms with E-state index >= 15 is 0 Å². The van der Waals surface area contributed by atoms with E-state index in [1.165, 1.54) is 0 Å². The Morgan fingerprint density at radius 3 is 2.31 bits per heavy atom. The van der Waals surface area contributed by atoms with Crippen LogP contribution in [0.3, 0.4) is 0 Å². The van der Waals surface area contributed by atoms with E-state index in [-0.39, 0.29) is 29.5 Å². The predicted octanol–water partition coefficient (Wildman–Crippen LogP) is 5.45. The molecule has 4 aromatic rings. The van der Waals surface area contributed by atoms with E-state index in [4.69, 9.17) is 9.47 Å². The van der Waals surface area contributed by atoms with Crippen molar-refractivity contribution in [1.29, 1.82) is 0 Å². The van der Waals surface area contributed by atoms with E-state index in [9.17, 15) is 14.7 Å². The topological polar surface area (TPSA) is 98.6 Å². The van der Waals surface area contributed by atoms with Gasteiger partial charge in [0.2, 0.25) is 0 Å². The fourth-order valence-electron chi connectivity index (χ4n) is 3.76. The highest BCUT2D eigenvalue weighted by Gasteiger charge is 2.24. The number of Topliss-reactive ketones (excluding diaryl/α,β-unsaturated/α-hetero) is 1. The summed E-state index contributed by atoms with van der Waals surface area (Å²) in [7, 11) is 1.56. The lowest BCUT2D eigenvalue weighted by Gasteiger charge is -2.14. The molecule has 178 valence electrons. The van der Waals surface area contributed by atoms with Gasteiger partial charge in [0, 0.05) is 17.6 Å². The van der Waals surface area contributed by atoms with Gasteiger partial charge < -0.3 is 14.6 Å². The molecular formula is C27H24N2O5S. The monoisotopic (exact) mass is 488 g/mol. The Bertz CT molecular complexity index is 1410. The van der Waals surface area contributed by atoms with Gasteiger partial charge in [0.15, 0.2) is 5.78 Å². The normalized spacial score (nSPS) is 11.9. The molecule has 35 heavy (non-hydrogen) atoms. The zero-order valence-corrected chi connectivity index (χ0v) is 20.3. The van der Waals surface area contributed by atoms with E-state index in [1.54, 1.807) is 61.7 Å². The molecule has 0 aliphatic carbocycles. The number of hydrogen-bond acceptors (Lipinski definition) is 7. The first-order valence-corrected chi connectivity index (χ1v) is 11.7. The number of aliphatic carboxylic acids is 1. The summed E-state index contributed by atoms with van der Waals surface area (Å²) in [5, 5.41) is 10.2. The summed E-state index contributed by atoms with van der Waals surface area (Å²) < 4.78 is 19.4. The summed E-state index contributed by atoms with van der Waals surface area (Å²) in [4.78, 5) is 26.3. The van der Waals surface area contributed by atoms with Crippen molar-refractivity contribution in [3.05, 3.63) is 89.0 Å². The second-order valence-electron chi connectivity index (χ2n) is 8.17. The number of aromatic nitrogens is 2. The lowest BCUT2D eigenvalue weighted by atomic mass is 9.89. The molecule has 8 heteroatoms. The second kappa shape index (κ2) is 10.5. The van der Waals surface area contributed by atoms with E-state index in [1.807, 2.05) is 26.0 Å². The third-order valence-corrected chi connectivity index (χ3v) is 5.89. The first kappa shape index (κ1) is 24.1. The van der Waals surface area contributed by atoms with Crippen LogP contribution >= 0.6 is 11.7 Å². The highest BCUT2D eigenvalue weighted by Crippen LogP contribution is 2.29. The fourth-order valence-corrected chi connectivity index (χ4v) is 4.28. The van der Waals surface area contributed by atoms with Crippen molar-refractivity contribution >= 4 is 40.1 Å². The van der Waals surface area contributed by atoms with Crippen LogP contribution in [0, 0.1) is 0 Å². The van der Waals surface area contributed by atoms with Gasteiger partial charge in [-0.1, -0.05) is 18.2 Å². The molecule has 0 atom stereocenters. The van der Waals surface area contributed by atoms with Crippen LogP contribution in [0.25, 0.3) is 16.6 Å². The first-order valence-electron chi connectivity index (χ1n) is 11.0. The molecule has 7 nitrogen and oxygen atoms in total. The molecule has 0 radical (unpaired) electrons. The van der Waals surface area contributed by atoms with Gasteiger partial charge in [-0.15, -0.1) is 0 Å². The number of nitrogens with zero attached hydrogens (tertiary/aromatic N) is 2. The Labute approximate surface area is 207 Å². The third-order valence-electron chi connectivity index (χ3n) is 5.34. The minimum absolute atomic E-state index is 0.00574. The second-order valence-corrected chi connectivity index (χ2v) is 8.70. The van der Waals surface area contributed by atoms with Gasteiger partial charge in [0.25, 0.3) is 0 Å². The van der Waals surface area contributed by atoms with E-state index in [0.29, 0.717) is 33.7 Å². The zero-order chi connectivity index (χ0) is 24.9. The summed E-state index contributed by atoms with van der Waals surface area (Å²) >= 11 is 1.05. The lowest BCUT2D eigenvalue weighted by Crippen LogP contribution is -2.14. The van der Waals surface area contributed by atoms with Gasteiger partial charge in [-0.3, -0.25) is 4.79 Å². The lowest BCUT2D eigenvalue weighted by molar-refractivity contribution is -0.130. The van der Waals surface area contributed by atoms with Crippen molar-refractivity contribution in [1.82, 2.24) is 8.75 Å². The average Bonchev–Trinajstić information content (AvgIpc) is 3.31. The molecule has 0 unspecified atom stereocenters. The molecule has 0 fully saturated rings. The molecular weight excluding hydrogens is 464 g/mol. The van der Waals surface area contributed by atoms with Crippen LogP contribution in [0.5, 0.6) is 11.5 Å². The van der Waals surface area contributed by atoms with E-state index in [2.05, 4.69) is 8.75 Å². The van der Waals surface area contributed by atoms with Crippen LogP contribution in [0.2, 0.25) is 0 Å². The molecule has 1 aromatic heterocycles. The Morgan fingerprint density at radius 1 is 0.914 bits per heavy atom. The van der Waals surface area contributed by atoms with Crippen LogP contribution in [0.1, 0.15) is 35.3 Å². The molecule has 3 aromatic carbocycles. The summed E-state index contributed by atoms with van der Waals surface area (Å²) in [6, 6.07) is 19.0. The highest BCUT2D eigenvalue weighted by atomic mass is 32.1. The number of carboxylic acids is 1. The van der Waals surface area contributed by atoms with Crippen LogP contribution in [0.4, 0.5) is 0 Å². The quantitative estimate of drug-likeness (QED) is 0.247. The Balaban J connectivity index is 1.85. The zero-order valence-electron chi connectivity index (χ0n) is 19.5. The van der Waals surface area contributed by atoms with E-state index < -0.39 is 5.97 Å². The number of ether oxygens (including phenoxy) is 2. The van der Waals surface area contributed by atoms with Crippen molar-refractivity contribution in [3.8, 4) is 11.5 Å². The van der Waals surface area contributed by atoms with Gasteiger partial charge in [-0.25, -0.2) is 4.79 Å². The molecule has 0 saturated heterocycles. The number of carbonyl (C=O) groups is 2. The van der Waals surface area contributed by atoms with Crippen LogP contribution < -0.4 is 9.47 Å². The maximum atomic E-state index is 13.8. The number of rotatable bonds is 9. The van der Waals surface area contributed by atoms with Crippen molar-refractivity contribution < 1.29 is 24.2 Å². The summed E-state index contributed by atoms with van der Waals surface area (Å²) in [6.45, 7) is 3.84. The molecule has 0 aliphatic heterocycles. The van der Waals surface area contributed by atoms with Crippen LogP contribution in [-0.4, -0.2) is 38.8 Å². The van der Waals surface area contributed by atoms with Gasteiger partial charge in [0.05, 0.1) is 30.5 Å². The van der Waals surface area contributed by atoms with Crippen LogP contribution in [0.15, 0.2) is 72.3 Å². The maximum absolute atomic E-state index is 13.8. The Kier molecular flexibility index (Phi) is 7.22. The highest BCUT2D eigenvalue weighted by molar-refractivity contribution is 7.00. The third kappa shape index (κ3) is 5.55. The number of methoxy groups -OCH3 is 1. The first-order chi connectivity index (χ1) is 16.9. The number of fused-ring (bicyclic) bond motifs is 1. The number of ketones is 1. The van der Waals surface area contributed by atoms with Gasteiger partial charge in [0.1, 0.15) is 22.5 Å². The molecule has 1 N–H and O–H groups in total. The van der Waals surface area contributed by atoms with Crippen molar-refractivity contribution in [2.45, 2.75) is 26.4 Å². The summed E-state index contributed by atoms with van der Waals surface area (Å²) in [5.41, 5.74) is 2.85. The van der Waals surface area contributed by atoms with Gasteiger partial charge in [-0.2, -0.15) is 8.75 Å². The smallest absolute Gasteiger partial charge is 0.336 e. The standard InChI is InChI=1S/C27H24N2O5S/c1-16(2)34-20-10-7-18(8-11-20)26(30)22(14-17-5-4-6-21(13-17)33-3)25(27(31)32)19-9-12-23-24(15-19)29-35-28-23/h4-13,15-16H,14H2,1-3H3,(H,31,32)/b25-22+. The Morgan fingerprint density at radius 2 is 1.63 bits per heavy atom. The summed E-state index contributed by atoms with van der Waals surface area (Å²) in [5.74, 6) is -0.317. The van der Waals surface area contributed by atoms with Gasteiger partial charge in [-0.05, 0) is 73.5 Å². The molecule has 0 spiro atoms. The number of allylic oxidation sites excluding steroid dienone is 1. The largest absolute Gasteiger partial charge is 0.497 e. The number of hydrogen-bond donors (Lipinski definition) is 1. The minimum atomic E-state index is -1.20. The van der Waals surface area contributed by atoms with Crippen molar-refractivity contribution in [2.24, 2.45) is 0 Å². The molecule has 4 rings (SSSR count). The molecule has 0 bridgehead atoms. The maximum Gasteiger partial charge on any atom is 0.336 e. The minimum Gasteiger partial charge on any atom is -0.497 e. The van der Waals surface area contributed by atoms with Crippen molar-refractivity contribution in [2.75, 3.05) is 7.11 Å². The van der Waals surface area contributed by atoms with Gasteiger partial charge >= 0.3 is 5.97 Å². The van der Waals surface area contributed by atoms with E-state index in [0.717, 1.165) is 17.3 Å². The average molecular weight is 489 g/mol. The number of carbonyl (C=O) groups excluding carboxylic acids is 1. The SMILES string of the molecule is COc1cccc(C/C(C(=O)c2ccc(OC(C)C)cc2)=C(\C(=O)O)c2ccc3nsnc3c2)c1. The fraction of sp³-hybridized carbons (Fsp3) is 0.185. The molecule has 0 aliphatic rings. The number of carboxylic acid groups (broad SMARTS) is 1.